The van der Waals surface area contributed by atoms with Crippen LogP contribution >= 0.6 is 0 Å². The van der Waals surface area contributed by atoms with Crippen molar-refractivity contribution < 1.29 is 27.6 Å². The van der Waals surface area contributed by atoms with Crippen molar-refractivity contribution in [3.05, 3.63) is 58.1 Å². The van der Waals surface area contributed by atoms with Crippen LogP contribution in [0.4, 0.5) is 5.69 Å². The quantitative estimate of drug-likeness (QED) is 0.464. The molecule has 2 heterocycles. The molecule has 0 aliphatic carbocycles. The highest BCUT2D eigenvalue weighted by molar-refractivity contribution is 7.89. The first-order chi connectivity index (χ1) is 15.6. The molecule has 0 bridgehead atoms. The van der Waals surface area contributed by atoms with Crippen molar-refractivity contribution in [3.8, 4) is 11.5 Å². The summed E-state index contributed by atoms with van der Waals surface area (Å²) >= 11 is 0. The summed E-state index contributed by atoms with van der Waals surface area (Å²) in [5, 5.41) is 11.2. The summed E-state index contributed by atoms with van der Waals surface area (Å²) in [4.78, 5) is 24.4. The van der Waals surface area contributed by atoms with E-state index in [0.717, 1.165) is 18.1 Å². The Morgan fingerprint density at radius 1 is 1.12 bits per heavy atom. The van der Waals surface area contributed by atoms with Gasteiger partial charge in [-0.25, -0.2) is 8.42 Å². The third kappa shape index (κ3) is 4.64. The Morgan fingerprint density at radius 3 is 2.52 bits per heavy atom. The molecule has 2 aliphatic heterocycles. The van der Waals surface area contributed by atoms with Crippen molar-refractivity contribution in [3.63, 3.8) is 0 Å². The van der Waals surface area contributed by atoms with Gasteiger partial charge < -0.3 is 14.4 Å². The minimum atomic E-state index is -4.05. The van der Waals surface area contributed by atoms with E-state index in [1.807, 2.05) is 26.0 Å². The summed E-state index contributed by atoms with van der Waals surface area (Å²) in [5.74, 6) is 0.882. The first-order valence-corrected chi connectivity index (χ1v) is 12.0. The molecule has 1 saturated heterocycles. The predicted molar refractivity (Wildman–Crippen MR) is 119 cm³/mol. The molecule has 11 heteroatoms. The summed E-state index contributed by atoms with van der Waals surface area (Å²) in [6.07, 6.45) is 0.753. The van der Waals surface area contributed by atoms with E-state index in [4.69, 9.17) is 9.47 Å². The number of para-hydroxylation sites is 2. The maximum atomic E-state index is 12.9. The minimum absolute atomic E-state index is 0.0398. The van der Waals surface area contributed by atoms with Gasteiger partial charge in [-0.1, -0.05) is 24.3 Å². The fourth-order valence-corrected chi connectivity index (χ4v) is 5.65. The van der Waals surface area contributed by atoms with Crippen LogP contribution in [0.1, 0.15) is 19.4 Å². The van der Waals surface area contributed by atoms with E-state index in [9.17, 15) is 23.3 Å². The zero-order valence-corrected chi connectivity index (χ0v) is 19.2. The Hall–Kier alpha value is -3.18. The van der Waals surface area contributed by atoms with Crippen LogP contribution in [-0.2, 0) is 21.2 Å². The molecule has 0 unspecified atom stereocenters. The zero-order chi connectivity index (χ0) is 23.8. The lowest BCUT2D eigenvalue weighted by atomic mass is 10.0. The van der Waals surface area contributed by atoms with Crippen molar-refractivity contribution in [1.82, 2.24) is 9.21 Å². The lowest BCUT2D eigenvalue weighted by Gasteiger charge is -2.33. The van der Waals surface area contributed by atoms with Gasteiger partial charge >= 0.3 is 0 Å². The number of piperazine rings is 1. The Morgan fingerprint density at radius 2 is 1.82 bits per heavy atom. The second-order valence-electron chi connectivity index (χ2n) is 8.58. The van der Waals surface area contributed by atoms with Gasteiger partial charge in [0.05, 0.1) is 4.92 Å². The van der Waals surface area contributed by atoms with Gasteiger partial charge in [0, 0.05) is 44.2 Å². The van der Waals surface area contributed by atoms with E-state index in [2.05, 4.69) is 0 Å². The third-order valence-electron chi connectivity index (χ3n) is 5.68. The van der Waals surface area contributed by atoms with Crippen LogP contribution in [-0.4, -0.2) is 66.8 Å². The number of rotatable bonds is 6. The molecule has 0 spiro atoms. The maximum absolute atomic E-state index is 12.9. The number of hydrogen-bond acceptors (Lipinski definition) is 7. The van der Waals surface area contributed by atoms with Crippen LogP contribution in [0.25, 0.3) is 0 Å². The smallest absolute Gasteiger partial charge is 0.289 e. The summed E-state index contributed by atoms with van der Waals surface area (Å²) < 4.78 is 38.7. The largest absolute Gasteiger partial charge is 0.483 e. The van der Waals surface area contributed by atoms with Crippen molar-refractivity contribution in [2.24, 2.45) is 0 Å². The van der Waals surface area contributed by atoms with E-state index < -0.39 is 20.6 Å². The minimum Gasteiger partial charge on any atom is -0.483 e. The second-order valence-corrected chi connectivity index (χ2v) is 10.5. The summed E-state index contributed by atoms with van der Waals surface area (Å²) in [5.41, 5.74) is 0.227. The van der Waals surface area contributed by atoms with Crippen molar-refractivity contribution >= 4 is 21.6 Å². The Balaban J connectivity index is 1.37. The third-order valence-corrected chi connectivity index (χ3v) is 7.62. The number of carbonyl (C=O) groups excluding carboxylic acids is 1. The lowest BCUT2D eigenvalue weighted by Crippen LogP contribution is -2.51. The van der Waals surface area contributed by atoms with Crippen LogP contribution in [0.5, 0.6) is 11.5 Å². The van der Waals surface area contributed by atoms with Gasteiger partial charge in [-0.15, -0.1) is 0 Å². The lowest BCUT2D eigenvalue weighted by molar-refractivity contribution is -0.387. The monoisotopic (exact) mass is 475 g/mol. The maximum Gasteiger partial charge on any atom is 0.289 e. The molecular formula is C22H25N3O7S. The normalized spacial score (nSPS) is 17.8. The molecule has 33 heavy (non-hydrogen) atoms. The molecule has 0 saturated carbocycles. The van der Waals surface area contributed by atoms with Crippen LogP contribution in [0.3, 0.4) is 0 Å². The second kappa shape index (κ2) is 8.64. The van der Waals surface area contributed by atoms with E-state index in [-0.39, 0.29) is 49.2 Å². The Bertz CT molecular complexity index is 1190. The van der Waals surface area contributed by atoms with Crippen LogP contribution in [0.2, 0.25) is 0 Å². The van der Waals surface area contributed by atoms with Crippen LogP contribution in [0.15, 0.2) is 47.4 Å². The Kier molecular flexibility index (Phi) is 6.02. The number of benzene rings is 2. The molecule has 0 atom stereocenters. The van der Waals surface area contributed by atoms with Gasteiger partial charge in [0.25, 0.3) is 11.6 Å². The number of sulfonamides is 1. The molecule has 176 valence electrons. The highest BCUT2D eigenvalue weighted by Gasteiger charge is 2.35. The Labute approximate surface area is 191 Å². The predicted octanol–water partition coefficient (Wildman–Crippen LogP) is 2.22. The van der Waals surface area contributed by atoms with Gasteiger partial charge in [0.15, 0.2) is 23.0 Å². The van der Waals surface area contributed by atoms with Gasteiger partial charge in [-0.05, 0) is 26.0 Å². The number of nitro groups is 1. The number of nitrogens with zero attached hydrogens (tertiary/aromatic N) is 3. The van der Waals surface area contributed by atoms with Crippen molar-refractivity contribution in [1.29, 1.82) is 0 Å². The average Bonchev–Trinajstić information content (AvgIpc) is 3.11. The molecular weight excluding hydrogens is 450 g/mol. The standard InChI is InChI=1S/C22H25N3O7S/c1-22(2)14-16-6-5-8-18(21(16)32-22)31-15-20(26)23-10-12-24(13-11-23)33(29,30)19-9-4-3-7-17(19)25(27)28/h3-9H,10-15H2,1-2H3. The van der Waals surface area contributed by atoms with Gasteiger partial charge in [-0.2, -0.15) is 4.31 Å². The molecule has 1 fully saturated rings. The summed E-state index contributed by atoms with van der Waals surface area (Å²) in [6.45, 7) is 4.18. The summed E-state index contributed by atoms with van der Waals surface area (Å²) in [7, 11) is -4.05. The van der Waals surface area contributed by atoms with E-state index >= 15 is 0 Å². The molecule has 2 aliphatic rings. The van der Waals surface area contributed by atoms with E-state index in [0.29, 0.717) is 11.5 Å². The van der Waals surface area contributed by atoms with E-state index in [1.165, 1.54) is 27.4 Å². The van der Waals surface area contributed by atoms with Gasteiger partial charge in [0.2, 0.25) is 10.0 Å². The first kappa shape index (κ1) is 23.0. The zero-order valence-electron chi connectivity index (χ0n) is 18.4. The number of nitro benzene ring substituents is 1. The fourth-order valence-electron chi connectivity index (χ4n) is 4.07. The number of hydrogen-bond donors (Lipinski definition) is 0. The first-order valence-electron chi connectivity index (χ1n) is 10.5. The highest BCUT2D eigenvalue weighted by Crippen LogP contribution is 2.41. The summed E-state index contributed by atoms with van der Waals surface area (Å²) in [6, 6.07) is 10.8. The number of fused-ring (bicyclic) bond motifs is 1. The molecule has 0 N–H and O–H groups in total. The molecule has 2 aromatic rings. The number of ether oxygens (including phenoxy) is 2. The fraction of sp³-hybridized carbons (Fsp3) is 0.409. The van der Waals surface area contributed by atoms with Gasteiger partial charge in [0.1, 0.15) is 5.60 Å². The molecule has 0 aromatic heterocycles. The highest BCUT2D eigenvalue weighted by atomic mass is 32.2. The number of carbonyl (C=O) groups is 1. The van der Waals surface area contributed by atoms with Gasteiger partial charge in [-0.3, -0.25) is 14.9 Å². The topological polar surface area (TPSA) is 119 Å². The average molecular weight is 476 g/mol. The van der Waals surface area contributed by atoms with E-state index in [1.54, 1.807) is 6.07 Å². The molecule has 1 amide bonds. The SMILES string of the molecule is CC1(C)Cc2cccc(OCC(=O)N3CCN(S(=O)(=O)c4ccccc4[N+](=O)[O-])CC3)c2O1. The van der Waals surface area contributed by atoms with Crippen LogP contribution in [0, 0.1) is 10.1 Å². The molecule has 4 rings (SSSR count). The van der Waals surface area contributed by atoms with Crippen molar-refractivity contribution in [2.75, 3.05) is 32.8 Å². The molecule has 0 radical (unpaired) electrons. The van der Waals surface area contributed by atoms with Crippen molar-refractivity contribution in [2.45, 2.75) is 30.8 Å². The number of amides is 1. The molecule has 2 aromatic carbocycles. The molecule has 10 nitrogen and oxygen atoms in total. The van der Waals surface area contributed by atoms with Crippen LogP contribution < -0.4 is 9.47 Å².